The van der Waals surface area contributed by atoms with Crippen molar-refractivity contribution in [1.82, 2.24) is 0 Å². The van der Waals surface area contributed by atoms with E-state index in [9.17, 15) is 0 Å². The van der Waals surface area contributed by atoms with Gasteiger partial charge in [0.25, 0.3) is 0 Å². The molecule has 0 radical (unpaired) electrons. The first-order valence-corrected chi connectivity index (χ1v) is 7.03. The zero-order valence-corrected chi connectivity index (χ0v) is 11.7. The van der Waals surface area contributed by atoms with E-state index in [1.165, 1.54) is 18.8 Å². The maximum atomic E-state index is 6.04. The Labute approximate surface area is 113 Å². The van der Waals surface area contributed by atoms with Gasteiger partial charge in [-0.1, -0.05) is 37.0 Å². The van der Waals surface area contributed by atoms with Crippen LogP contribution in [-0.4, -0.2) is 13.1 Å². The first kappa shape index (κ1) is 11.7. The highest BCUT2D eigenvalue weighted by molar-refractivity contribution is 6.35. The Morgan fingerprint density at radius 3 is 2.06 bits per heavy atom. The summed E-state index contributed by atoms with van der Waals surface area (Å²) >= 11 is 12.1. The highest BCUT2D eigenvalue weighted by atomic mass is 35.5. The van der Waals surface area contributed by atoms with E-state index in [0.717, 1.165) is 33.7 Å². The van der Waals surface area contributed by atoms with Crippen molar-refractivity contribution in [3.05, 3.63) is 28.2 Å². The molecule has 1 aliphatic carbocycles. The third-order valence-corrected chi connectivity index (χ3v) is 4.68. The Balaban J connectivity index is 1.73. The van der Waals surface area contributed by atoms with Crippen molar-refractivity contribution in [2.24, 2.45) is 23.7 Å². The van der Waals surface area contributed by atoms with Crippen LogP contribution in [-0.2, 0) is 0 Å². The Hall–Kier alpha value is -0.400. The number of benzene rings is 1. The molecule has 2 fully saturated rings. The van der Waals surface area contributed by atoms with E-state index >= 15 is 0 Å². The highest BCUT2D eigenvalue weighted by Crippen LogP contribution is 2.56. The summed E-state index contributed by atoms with van der Waals surface area (Å²) in [5.41, 5.74) is 1.18. The minimum Gasteiger partial charge on any atom is -0.371 e. The fraction of sp³-hybridized carbons (Fsp3) is 0.571. The number of halogens is 2. The van der Waals surface area contributed by atoms with E-state index < -0.39 is 0 Å². The molecule has 2 aliphatic rings. The van der Waals surface area contributed by atoms with Crippen LogP contribution in [0.2, 0.25) is 10.0 Å². The minimum atomic E-state index is 0.730. The number of anilines is 1. The standard InChI is InChI=1S/C14H17Cl2N/c1-8(2)14-12-6-17(7-13(12)14)11-4-9(15)3-10(16)5-11/h3-5,8,12-14H,6-7H2,1-2H3. The third-order valence-electron chi connectivity index (χ3n) is 4.24. The second-order valence-electron chi connectivity index (χ2n) is 5.68. The summed E-state index contributed by atoms with van der Waals surface area (Å²) in [6, 6.07) is 5.82. The van der Waals surface area contributed by atoms with Gasteiger partial charge in [-0.05, 0) is 41.9 Å². The lowest BCUT2D eigenvalue weighted by atomic mass is 10.0. The molecule has 0 N–H and O–H groups in total. The van der Waals surface area contributed by atoms with Crippen LogP contribution in [0.5, 0.6) is 0 Å². The first-order valence-electron chi connectivity index (χ1n) is 6.27. The maximum Gasteiger partial charge on any atom is 0.0441 e. The molecule has 17 heavy (non-hydrogen) atoms. The summed E-state index contributed by atoms with van der Waals surface area (Å²) in [6.45, 7) is 7.02. The lowest BCUT2D eigenvalue weighted by Crippen LogP contribution is -2.24. The van der Waals surface area contributed by atoms with Crippen molar-refractivity contribution in [1.29, 1.82) is 0 Å². The van der Waals surface area contributed by atoms with E-state index in [-0.39, 0.29) is 0 Å². The molecular formula is C14H17Cl2N. The van der Waals surface area contributed by atoms with Crippen LogP contribution >= 0.6 is 23.2 Å². The largest absolute Gasteiger partial charge is 0.371 e. The number of piperidine rings is 1. The summed E-state index contributed by atoms with van der Waals surface area (Å²) in [5, 5.41) is 1.46. The fourth-order valence-corrected chi connectivity index (χ4v) is 4.01. The smallest absolute Gasteiger partial charge is 0.0441 e. The first-order chi connectivity index (χ1) is 8.06. The lowest BCUT2D eigenvalue weighted by Gasteiger charge is -2.23. The molecule has 2 unspecified atom stereocenters. The van der Waals surface area contributed by atoms with E-state index in [1.807, 2.05) is 12.1 Å². The van der Waals surface area contributed by atoms with Gasteiger partial charge < -0.3 is 4.90 Å². The molecule has 2 atom stereocenters. The molecule has 0 aromatic heterocycles. The monoisotopic (exact) mass is 269 g/mol. The van der Waals surface area contributed by atoms with Gasteiger partial charge in [0.2, 0.25) is 0 Å². The van der Waals surface area contributed by atoms with Gasteiger partial charge in [0.05, 0.1) is 0 Å². The maximum absolute atomic E-state index is 6.04. The Morgan fingerprint density at radius 1 is 1.06 bits per heavy atom. The predicted octanol–water partition coefficient (Wildman–Crippen LogP) is 4.33. The van der Waals surface area contributed by atoms with Crippen LogP contribution in [0, 0.1) is 23.7 Å². The average molecular weight is 270 g/mol. The molecule has 0 amide bonds. The van der Waals surface area contributed by atoms with Crippen molar-refractivity contribution in [2.45, 2.75) is 13.8 Å². The second-order valence-corrected chi connectivity index (χ2v) is 6.55. The summed E-state index contributed by atoms with van der Waals surface area (Å²) in [7, 11) is 0. The second kappa shape index (κ2) is 4.07. The van der Waals surface area contributed by atoms with Crippen molar-refractivity contribution < 1.29 is 0 Å². The molecule has 0 spiro atoms. The van der Waals surface area contributed by atoms with Gasteiger partial charge in [0, 0.05) is 28.8 Å². The SMILES string of the molecule is CC(C)C1C2CN(c3cc(Cl)cc(Cl)c3)CC21. The summed E-state index contributed by atoms with van der Waals surface area (Å²) in [5.74, 6) is 3.57. The molecule has 1 aliphatic heterocycles. The molecule has 0 bridgehead atoms. The summed E-state index contributed by atoms with van der Waals surface area (Å²) < 4.78 is 0. The van der Waals surface area contributed by atoms with E-state index in [2.05, 4.69) is 18.7 Å². The van der Waals surface area contributed by atoms with Gasteiger partial charge in [-0.3, -0.25) is 0 Å². The van der Waals surface area contributed by atoms with Crippen LogP contribution in [0.1, 0.15) is 13.8 Å². The number of hydrogen-bond donors (Lipinski definition) is 0. The minimum absolute atomic E-state index is 0.730. The molecule has 1 aromatic carbocycles. The molecular weight excluding hydrogens is 253 g/mol. The number of nitrogens with zero attached hydrogens (tertiary/aromatic N) is 1. The zero-order valence-electron chi connectivity index (χ0n) is 10.2. The Bertz CT molecular complexity index is 412. The van der Waals surface area contributed by atoms with Crippen LogP contribution in [0.15, 0.2) is 18.2 Å². The van der Waals surface area contributed by atoms with Crippen LogP contribution in [0.3, 0.4) is 0 Å². The van der Waals surface area contributed by atoms with Crippen LogP contribution < -0.4 is 4.90 Å². The molecule has 1 nitrogen and oxygen atoms in total. The number of rotatable bonds is 2. The van der Waals surface area contributed by atoms with Crippen molar-refractivity contribution in [3.8, 4) is 0 Å². The van der Waals surface area contributed by atoms with Crippen LogP contribution in [0.25, 0.3) is 0 Å². The lowest BCUT2D eigenvalue weighted by molar-refractivity contribution is 0.480. The number of fused-ring (bicyclic) bond motifs is 1. The fourth-order valence-electron chi connectivity index (χ4n) is 3.49. The highest BCUT2D eigenvalue weighted by Gasteiger charge is 2.56. The van der Waals surface area contributed by atoms with E-state index in [0.29, 0.717) is 0 Å². The quantitative estimate of drug-likeness (QED) is 0.773. The van der Waals surface area contributed by atoms with E-state index in [4.69, 9.17) is 23.2 Å². The van der Waals surface area contributed by atoms with Crippen molar-refractivity contribution >= 4 is 28.9 Å². The van der Waals surface area contributed by atoms with Gasteiger partial charge in [0.15, 0.2) is 0 Å². The average Bonchev–Trinajstić information content (AvgIpc) is 2.74. The van der Waals surface area contributed by atoms with Gasteiger partial charge in [-0.25, -0.2) is 0 Å². The van der Waals surface area contributed by atoms with Gasteiger partial charge >= 0.3 is 0 Å². The molecule has 3 heteroatoms. The van der Waals surface area contributed by atoms with Crippen LogP contribution in [0.4, 0.5) is 5.69 Å². The van der Waals surface area contributed by atoms with Gasteiger partial charge in [-0.2, -0.15) is 0 Å². The predicted molar refractivity (Wildman–Crippen MR) is 74.0 cm³/mol. The molecule has 1 aromatic rings. The molecule has 1 saturated carbocycles. The molecule has 3 rings (SSSR count). The normalized spacial score (nSPS) is 30.9. The van der Waals surface area contributed by atoms with E-state index in [1.54, 1.807) is 6.07 Å². The topological polar surface area (TPSA) is 3.24 Å². The Kier molecular flexibility index (Phi) is 2.79. The van der Waals surface area contributed by atoms with Crippen molar-refractivity contribution in [2.75, 3.05) is 18.0 Å². The molecule has 1 heterocycles. The third kappa shape index (κ3) is 2.04. The summed E-state index contributed by atoms with van der Waals surface area (Å²) in [4.78, 5) is 2.42. The molecule has 1 saturated heterocycles. The van der Waals surface area contributed by atoms with Crippen molar-refractivity contribution in [3.63, 3.8) is 0 Å². The zero-order chi connectivity index (χ0) is 12.2. The Morgan fingerprint density at radius 2 is 1.59 bits per heavy atom. The number of hydrogen-bond acceptors (Lipinski definition) is 1. The summed E-state index contributed by atoms with van der Waals surface area (Å²) in [6.07, 6.45) is 0. The van der Waals surface area contributed by atoms with Gasteiger partial charge in [0.1, 0.15) is 0 Å². The van der Waals surface area contributed by atoms with Gasteiger partial charge in [-0.15, -0.1) is 0 Å². The molecule has 92 valence electrons.